The minimum atomic E-state index is -0.238. The van der Waals surface area contributed by atoms with Gasteiger partial charge in [0.05, 0.1) is 25.6 Å². The average molecular weight is 390 g/mol. The first-order chi connectivity index (χ1) is 12.9. The number of rotatable bonds is 9. The van der Waals surface area contributed by atoms with Crippen LogP contribution in [-0.2, 0) is 11.3 Å². The van der Waals surface area contributed by atoms with Crippen LogP contribution in [0.1, 0.15) is 26.3 Å². The highest BCUT2D eigenvalue weighted by atomic mass is 32.2. The molecule has 0 radical (unpaired) electrons. The average Bonchev–Trinajstić information content (AvgIpc) is 2.65. The molecule has 0 bridgehead atoms. The van der Waals surface area contributed by atoms with Crippen molar-refractivity contribution in [1.29, 1.82) is 0 Å². The van der Waals surface area contributed by atoms with Gasteiger partial charge in [-0.2, -0.15) is 0 Å². The lowest BCUT2D eigenvalue weighted by atomic mass is 10.2. The van der Waals surface area contributed by atoms with Gasteiger partial charge < -0.3 is 19.5 Å². The normalized spacial score (nSPS) is 11.8. The van der Waals surface area contributed by atoms with E-state index in [1.54, 1.807) is 14.2 Å². The number of nitrogens with one attached hydrogen (secondary N) is 1. The maximum absolute atomic E-state index is 12.4. The SMILES string of the molecule is COc1ccc(SC(C)C(=O)NCc2cccc(OC(C)C)c2)cc1OC. The number of ether oxygens (including phenoxy) is 3. The van der Waals surface area contributed by atoms with Gasteiger partial charge in [0.1, 0.15) is 5.75 Å². The monoisotopic (exact) mass is 389 g/mol. The molecule has 0 aromatic heterocycles. The third-order valence-corrected chi connectivity index (χ3v) is 4.87. The number of methoxy groups -OCH3 is 2. The molecule has 0 aliphatic heterocycles. The maximum atomic E-state index is 12.4. The fourth-order valence-electron chi connectivity index (χ4n) is 2.48. The highest BCUT2D eigenvalue weighted by Gasteiger charge is 2.15. The molecule has 5 nitrogen and oxygen atoms in total. The fraction of sp³-hybridized carbons (Fsp3) is 0.381. The molecule has 0 heterocycles. The zero-order chi connectivity index (χ0) is 19.8. The second kappa shape index (κ2) is 10.1. The predicted octanol–water partition coefficient (Wildman–Crippen LogP) is 4.29. The van der Waals surface area contributed by atoms with E-state index in [0.29, 0.717) is 18.0 Å². The van der Waals surface area contributed by atoms with Crippen LogP contribution in [0.15, 0.2) is 47.4 Å². The van der Waals surface area contributed by atoms with Crippen molar-refractivity contribution >= 4 is 17.7 Å². The molecule has 0 aliphatic rings. The Kier molecular flexibility index (Phi) is 7.85. The Morgan fingerprint density at radius 3 is 2.44 bits per heavy atom. The number of hydrogen-bond acceptors (Lipinski definition) is 5. The molecular weight excluding hydrogens is 362 g/mol. The van der Waals surface area contributed by atoms with Crippen LogP contribution in [0.5, 0.6) is 17.2 Å². The third kappa shape index (κ3) is 6.40. The van der Waals surface area contributed by atoms with Gasteiger partial charge in [-0.15, -0.1) is 11.8 Å². The van der Waals surface area contributed by atoms with Crippen LogP contribution in [0.4, 0.5) is 0 Å². The maximum Gasteiger partial charge on any atom is 0.233 e. The zero-order valence-electron chi connectivity index (χ0n) is 16.4. The molecule has 1 N–H and O–H groups in total. The topological polar surface area (TPSA) is 56.8 Å². The molecule has 2 aromatic rings. The van der Waals surface area contributed by atoms with Crippen molar-refractivity contribution < 1.29 is 19.0 Å². The smallest absolute Gasteiger partial charge is 0.233 e. The minimum Gasteiger partial charge on any atom is -0.493 e. The summed E-state index contributed by atoms with van der Waals surface area (Å²) < 4.78 is 16.2. The van der Waals surface area contributed by atoms with Crippen molar-refractivity contribution in [3.05, 3.63) is 48.0 Å². The van der Waals surface area contributed by atoms with E-state index in [4.69, 9.17) is 14.2 Å². The summed E-state index contributed by atoms with van der Waals surface area (Å²) in [6, 6.07) is 13.4. The first kappa shape index (κ1) is 21.0. The number of carbonyl (C=O) groups is 1. The van der Waals surface area contributed by atoms with Crippen LogP contribution < -0.4 is 19.5 Å². The van der Waals surface area contributed by atoms with Crippen LogP contribution in [0, 0.1) is 0 Å². The number of benzene rings is 2. The van der Waals surface area contributed by atoms with Crippen LogP contribution in [0.3, 0.4) is 0 Å². The molecule has 0 spiro atoms. The van der Waals surface area contributed by atoms with E-state index in [9.17, 15) is 4.79 Å². The fourth-order valence-corrected chi connectivity index (χ4v) is 3.40. The Morgan fingerprint density at radius 2 is 1.78 bits per heavy atom. The van der Waals surface area contributed by atoms with E-state index in [1.807, 2.05) is 63.2 Å². The first-order valence-corrected chi connectivity index (χ1v) is 9.73. The molecule has 1 unspecified atom stereocenters. The van der Waals surface area contributed by atoms with E-state index in [2.05, 4.69) is 5.32 Å². The molecule has 1 atom stereocenters. The van der Waals surface area contributed by atoms with Crippen molar-refractivity contribution in [3.63, 3.8) is 0 Å². The van der Waals surface area contributed by atoms with Crippen molar-refractivity contribution in [3.8, 4) is 17.2 Å². The number of amides is 1. The molecular formula is C21H27NO4S. The van der Waals surface area contributed by atoms with Gasteiger partial charge in [-0.25, -0.2) is 0 Å². The lowest BCUT2D eigenvalue weighted by Crippen LogP contribution is -2.30. The highest BCUT2D eigenvalue weighted by molar-refractivity contribution is 8.00. The largest absolute Gasteiger partial charge is 0.493 e. The molecule has 2 rings (SSSR count). The third-order valence-electron chi connectivity index (χ3n) is 3.77. The molecule has 0 saturated carbocycles. The molecule has 6 heteroatoms. The summed E-state index contributed by atoms with van der Waals surface area (Å²) in [6.07, 6.45) is 0.118. The second-order valence-corrected chi connectivity index (χ2v) is 7.72. The number of carbonyl (C=O) groups excluding carboxylic acids is 1. The van der Waals surface area contributed by atoms with Gasteiger partial charge in [0.2, 0.25) is 5.91 Å². The summed E-state index contributed by atoms with van der Waals surface area (Å²) in [5, 5.41) is 2.74. The van der Waals surface area contributed by atoms with E-state index < -0.39 is 0 Å². The van der Waals surface area contributed by atoms with E-state index in [-0.39, 0.29) is 17.3 Å². The van der Waals surface area contributed by atoms with Crippen LogP contribution in [0.25, 0.3) is 0 Å². The Morgan fingerprint density at radius 1 is 1.04 bits per heavy atom. The van der Waals surface area contributed by atoms with Gasteiger partial charge in [0, 0.05) is 11.4 Å². The van der Waals surface area contributed by atoms with Crippen molar-refractivity contribution in [1.82, 2.24) is 5.32 Å². The van der Waals surface area contributed by atoms with Crippen LogP contribution in [0.2, 0.25) is 0 Å². The van der Waals surface area contributed by atoms with Gasteiger partial charge in [0.25, 0.3) is 0 Å². The van der Waals surface area contributed by atoms with Crippen molar-refractivity contribution in [2.45, 2.75) is 43.6 Å². The first-order valence-electron chi connectivity index (χ1n) is 8.85. The zero-order valence-corrected chi connectivity index (χ0v) is 17.3. The van der Waals surface area contributed by atoms with Gasteiger partial charge in [-0.1, -0.05) is 12.1 Å². The summed E-state index contributed by atoms with van der Waals surface area (Å²) in [6.45, 7) is 6.32. The summed E-state index contributed by atoms with van der Waals surface area (Å²) >= 11 is 1.47. The van der Waals surface area contributed by atoms with Gasteiger partial charge in [0.15, 0.2) is 11.5 Å². The van der Waals surface area contributed by atoms with Crippen molar-refractivity contribution in [2.75, 3.05) is 14.2 Å². The Bertz CT molecular complexity index is 764. The Hall–Kier alpha value is -2.34. The summed E-state index contributed by atoms with van der Waals surface area (Å²) in [4.78, 5) is 13.4. The van der Waals surface area contributed by atoms with E-state index in [0.717, 1.165) is 16.2 Å². The Labute approximate surface area is 165 Å². The molecule has 1 amide bonds. The van der Waals surface area contributed by atoms with E-state index in [1.165, 1.54) is 11.8 Å². The molecule has 146 valence electrons. The summed E-state index contributed by atoms with van der Waals surface area (Å²) in [7, 11) is 3.20. The quantitative estimate of drug-likeness (QED) is 0.649. The van der Waals surface area contributed by atoms with Crippen LogP contribution >= 0.6 is 11.8 Å². The lowest BCUT2D eigenvalue weighted by molar-refractivity contribution is -0.120. The van der Waals surface area contributed by atoms with Gasteiger partial charge >= 0.3 is 0 Å². The summed E-state index contributed by atoms with van der Waals surface area (Å²) in [5.74, 6) is 2.11. The summed E-state index contributed by atoms with van der Waals surface area (Å²) in [5.41, 5.74) is 1.00. The molecule has 0 saturated heterocycles. The molecule has 27 heavy (non-hydrogen) atoms. The van der Waals surface area contributed by atoms with Gasteiger partial charge in [-0.3, -0.25) is 4.79 Å². The highest BCUT2D eigenvalue weighted by Crippen LogP contribution is 2.33. The molecule has 2 aromatic carbocycles. The van der Waals surface area contributed by atoms with E-state index >= 15 is 0 Å². The number of hydrogen-bond donors (Lipinski definition) is 1. The van der Waals surface area contributed by atoms with Gasteiger partial charge in [-0.05, 0) is 56.7 Å². The van der Waals surface area contributed by atoms with Crippen molar-refractivity contribution in [2.24, 2.45) is 0 Å². The standard InChI is InChI=1S/C21H27NO4S/c1-14(2)26-17-8-6-7-16(11-17)13-22-21(23)15(3)27-18-9-10-19(24-4)20(12-18)25-5/h6-12,14-15H,13H2,1-5H3,(H,22,23). The second-order valence-electron chi connectivity index (χ2n) is 6.31. The molecule has 0 fully saturated rings. The molecule has 0 aliphatic carbocycles. The lowest BCUT2D eigenvalue weighted by Gasteiger charge is -2.14. The minimum absolute atomic E-state index is 0.0232. The van der Waals surface area contributed by atoms with Crippen LogP contribution in [-0.4, -0.2) is 31.5 Å². The Balaban J connectivity index is 1.92. The predicted molar refractivity (Wildman–Crippen MR) is 109 cm³/mol. The number of thioether (sulfide) groups is 1.